The number of H-pyrrole nitrogens is 1. The number of hydrogen-bond acceptors (Lipinski definition) is 4. The molecular weight excluding hydrogens is 280 g/mol. The number of aromatic amines is 1. The number of carbonyl (C=O) groups is 1. The summed E-state index contributed by atoms with van der Waals surface area (Å²) < 4.78 is 0. The Bertz CT molecular complexity index is 578. The Morgan fingerprint density at radius 2 is 2.09 bits per heavy atom. The van der Waals surface area contributed by atoms with Crippen molar-refractivity contribution in [2.24, 2.45) is 5.92 Å². The standard InChI is InChI=1S/C16H24N4O2/c1-2-19-6-3-13(10-19)16(22)20-7-4-12(5-8-20)14-9-15(21)18-11-17-14/h9,11-13H,2-8,10H2,1H3,(H,17,18,21)/t13-/m0/s1. The number of likely N-dealkylation sites (tertiary alicyclic amines) is 2. The van der Waals surface area contributed by atoms with Crippen LogP contribution in [0, 0.1) is 5.92 Å². The average Bonchev–Trinajstić information content (AvgIpc) is 3.03. The van der Waals surface area contributed by atoms with Gasteiger partial charge in [0.25, 0.3) is 5.56 Å². The molecule has 1 aromatic heterocycles. The van der Waals surface area contributed by atoms with Crippen molar-refractivity contribution < 1.29 is 4.79 Å². The summed E-state index contributed by atoms with van der Waals surface area (Å²) in [5.41, 5.74) is 0.753. The fraction of sp³-hybridized carbons (Fsp3) is 0.688. The van der Waals surface area contributed by atoms with Crippen LogP contribution in [0.5, 0.6) is 0 Å². The highest BCUT2D eigenvalue weighted by Crippen LogP contribution is 2.27. The molecule has 0 unspecified atom stereocenters. The molecule has 0 radical (unpaired) electrons. The van der Waals surface area contributed by atoms with E-state index in [2.05, 4.69) is 21.8 Å². The molecule has 1 atom stereocenters. The maximum atomic E-state index is 12.6. The van der Waals surface area contributed by atoms with Gasteiger partial charge in [-0.1, -0.05) is 6.92 Å². The van der Waals surface area contributed by atoms with Crippen molar-refractivity contribution in [3.63, 3.8) is 0 Å². The van der Waals surface area contributed by atoms with Gasteiger partial charge < -0.3 is 14.8 Å². The molecule has 0 spiro atoms. The fourth-order valence-corrected chi connectivity index (χ4v) is 3.58. The number of hydrogen-bond donors (Lipinski definition) is 1. The lowest BCUT2D eigenvalue weighted by Gasteiger charge is -2.33. The third kappa shape index (κ3) is 3.21. The molecule has 1 N–H and O–H groups in total. The Morgan fingerprint density at radius 1 is 1.32 bits per heavy atom. The second-order valence-corrected chi connectivity index (χ2v) is 6.31. The zero-order valence-corrected chi connectivity index (χ0v) is 13.1. The third-order valence-corrected chi connectivity index (χ3v) is 4.99. The number of nitrogens with one attached hydrogen (secondary N) is 1. The summed E-state index contributed by atoms with van der Waals surface area (Å²) in [6.07, 6.45) is 4.24. The molecule has 0 bridgehead atoms. The number of amides is 1. The number of rotatable bonds is 3. The molecule has 2 aliphatic heterocycles. The van der Waals surface area contributed by atoms with Crippen LogP contribution in [0.25, 0.3) is 0 Å². The van der Waals surface area contributed by atoms with Gasteiger partial charge in [0.15, 0.2) is 0 Å². The first-order valence-corrected chi connectivity index (χ1v) is 8.23. The van der Waals surface area contributed by atoms with Crippen molar-refractivity contribution in [1.29, 1.82) is 0 Å². The van der Waals surface area contributed by atoms with E-state index < -0.39 is 0 Å². The highest BCUT2D eigenvalue weighted by Gasteiger charge is 2.33. The van der Waals surface area contributed by atoms with E-state index in [-0.39, 0.29) is 11.5 Å². The monoisotopic (exact) mass is 304 g/mol. The van der Waals surface area contributed by atoms with Crippen LogP contribution >= 0.6 is 0 Å². The second-order valence-electron chi connectivity index (χ2n) is 6.31. The predicted molar refractivity (Wildman–Crippen MR) is 83.6 cm³/mol. The molecule has 3 rings (SSSR count). The first-order chi connectivity index (χ1) is 10.7. The van der Waals surface area contributed by atoms with Crippen LogP contribution in [0.2, 0.25) is 0 Å². The number of piperidine rings is 1. The molecule has 0 saturated carbocycles. The highest BCUT2D eigenvalue weighted by atomic mass is 16.2. The van der Waals surface area contributed by atoms with E-state index in [4.69, 9.17) is 0 Å². The van der Waals surface area contributed by atoms with Crippen molar-refractivity contribution in [2.45, 2.75) is 32.1 Å². The highest BCUT2D eigenvalue weighted by molar-refractivity contribution is 5.79. The molecule has 1 amide bonds. The van der Waals surface area contributed by atoms with Gasteiger partial charge in [-0.2, -0.15) is 0 Å². The molecule has 0 aliphatic carbocycles. The molecule has 3 heterocycles. The second kappa shape index (κ2) is 6.60. The molecule has 2 fully saturated rings. The summed E-state index contributed by atoms with van der Waals surface area (Å²) in [5.74, 6) is 0.782. The van der Waals surface area contributed by atoms with E-state index in [0.717, 1.165) is 57.7 Å². The lowest BCUT2D eigenvalue weighted by molar-refractivity contribution is -0.136. The molecule has 2 aliphatic rings. The van der Waals surface area contributed by atoms with Gasteiger partial charge in [0.2, 0.25) is 5.91 Å². The predicted octanol–water partition coefficient (Wildman–Crippen LogP) is 0.818. The maximum absolute atomic E-state index is 12.6. The molecule has 22 heavy (non-hydrogen) atoms. The van der Waals surface area contributed by atoms with Crippen LogP contribution in [0.1, 0.15) is 37.8 Å². The summed E-state index contributed by atoms with van der Waals surface area (Å²) in [7, 11) is 0. The Hall–Kier alpha value is -1.69. The van der Waals surface area contributed by atoms with Crippen LogP contribution in [0.4, 0.5) is 0 Å². The Morgan fingerprint density at radius 3 is 2.73 bits per heavy atom. The number of nitrogens with zero attached hydrogens (tertiary/aromatic N) is 3. The van der Waals surface area contributed by atoms with Gasteiger partial charge in [-0.3, -0.25) is 9.59 Å². The summed E-state index contributed by atoms with van der Waals surface area (Å²) >= 11 is 0. The zero-order valence-electron chi connectivity index (χ0n) is 13.1. The smallest absolute Gasteiger partial charge is 0.250 e. The third-order valence-electron chi connectivity index (χ3n) is 4.99. The summed E-state index contributed by atoms with van der Waals surface area (Å²) in [4.78, 5) is 35.1. The lowest BCUT2D eigenvalue weighted by atomic mass is 9.92. The molecule has 2 saturated heterocycles. The average molecular weight is 304 g/mol. The Kier molecular flexibility index (Phi) is 4.57. The topological polar surface area (TPSA) is 69.3 Å². The number of aromatic nitrogens is 2. The quantitative estimate of drug-likeness (QED) is 0.897. The van der Waals surface area contributed by atoms with E-state index in [1.54, 1.807) is 6.07 Å². The lowest BCUT2D eigenvalue weighted by Crippen LogP contribution is -2.42. The van der Waals surface area contributed by atoms with E-state index in [0.29, 0.717) is 11.8 Å². The van der Waals surface area contributed by atoms with E-state index in [1.807, 2.05) is 4.90 Å². The molecular formula is C16H24N4O2. The minimum atomic E-state index is -0.103. The van der Waals surface area contributed by atoms with E-state index in [1.165, 1.54) is 6.33 Å². The molecule has 6 nitrogen and oxygen atoms in total. The van der Waals surface area contributed by atoms with Crippen molar-refractivity contribution in [2.75, 3.05) is 32.7 Å². The van der Waals surface area contributed by atoms with Gasteiger partial charge in [-0.05, 0) is 32.4 Å². The van der Waals surface area contributed by atoms with Crippen molar-refractivity contribution >= 4 is 5.91 Å². The molecule has 120 valence electrons. The SMILES string of the molecule is CCN1CC[C@H](C(=O)N2CCC(c3cc(=O)[nH]cn3)CC2)C1. The van der Waals surface area contributed by atoms with Gasteiger partial charge in [0.1, 0.15) is 0 Å². The number of carbonyl (C=O) groups excluding carboxylic acids is 1. The van der Waals surface area contributed by atoms with E-state index >= 15 is 0 Å². The Labute approximate surface area is 130 Å². The van der Waals surface area contributed by atoms with Crippen molar-refractivity contribution in [3.05, 3.63) is 28.4 Å². The first-order valence-electron chi connectivity index (χ1n) is 8.23. The molecule has 1 aromatic rings. The van der Waals surface area contributed by atoms with Crippen molar-refractivity contribution in [3.8, 4) is 0 Å². The first kappa shape index (κ1) is 15.2. The summed E-state index contributed by atoms with van der Waals surface area (Å²) in [6, 6.07) is 1.58. The molecule has 6 heteroatoms. The van der Waals surface area contributed by atoms with Crippen LogP contribution < -0.4 is 5.56 Å². The summed E-state index contributed by atoms with van der Waals surface area (Å²) in [6.45, 7) is 6.68. The van der Waals surface area contributed by atoms with Gasteiger partial charge >= 0.3 is 0 Å². The van der Waals surface area contributed by atoms with Crippen molar-refractivity contribution in [1.82, 2.24) is 19.8 Å². The van der Waals surface area contributed by atoms with Crippen LogP contribution in [0.3, 0.4) is 0 Å². The Balaban J connectivity index is 1.55. The summed E-state index contributed by atoms with van der Waals surface area (Å²) in [5, 5.41) is 0. The van der Waals surface area contributed by atoms with Gasteiger partial charge in [-0.25, -0.2) is 4.98 Å². The minimum Gasteiger partial charge on any atom is -0.342 e. The maximum Gasteiger partial charge on any atom is 0.250 e. The largest absolute Gasteiger partial charge is 0.342 e. The zero-order chi connectivity index (χ0) is 15.5. The van der Waals surface area contributed by atoms with Gasteiger partial charge in [-0.15, -0.1) is 0 Å². The van der Waals surface area contributed by atoms with Crippen LogP contribution in [-0.2, 0) is 4.79 Å². The van der Waals surface area contributed by atoms with Gasteiger partial charge in [0.05, 0.1) is 17.9 Å². The van der Waals surface area contributed by atoms with Crippen LogP contribution in [0.15, 0.2) is 17.2 Å². The minimum absolute atomic E-state index is 0.103. The van der Waals surface area contributed by atoms with Crippen LogP contribution in [-0.4, -0.2) is 58.4 Å². The van der Waals surface area contributed by atoms with Gasteiger partial charge in [0, 0.05) is 31.6 Å². The van der Waals surface area contributed by atoms with E-state index in [9.17, 15) is 9.59 Å². The molecule has 0 aromatic carbocycles. The normalized spacial score (nSPS) is 23.9. The fourth-order valence-electron chi connectivity index (χ4n) is 3.58.